The number of H-pyrrole nitrogens is 1. The molecule has 4 rings (SSSR count). The largest absolute Gasteiger partial charge is 0.497 e. The molecule has 9 nitrogen and oxygen atoms in total. The highest BCUT2D eigenvalue weighted by Crippen LogP contribution is 2.23. The van der Waals surface area contributed by atoms with Crippen molar-refractivity contribution in [3.8, 4) is 11.5 Å². The van der Waals surface area contributed by atoms with E-state index in [4.69, 9.17) is 9.47 Å². The lowest BCUT2D eigenvalue weighted by atomic mass is 10.0. The molecule has 1 N–H and O–H groups in total. The number of hydrogen-bond donors (Lipinski definition) is 1. The van der Waals surface area contributed by atoms with Crippen molar-refractivity contribution >= 4 is 10.9 Å². The van der Waals surface area contributed by atoms with Gasteiger partial charge in [0.15, 0.2) is 5.82 Å². The van der Waals surface area contributed by atoms with Crippen molar-refractivity contribution in [2.75, 3.05) is 14.2 Å². The molecule has 0 spiro atoms. The van der Waals surface area contributed by atoms with Crippen molar-refractivity contribution in [3.05, 3.63) is 75.8 Å². The number of aromatic amines is 1. The minimum absolute atomic E-state index is 0.115. The van der Waals surface area contributed by atoms with Gasteiger partial charge in [-0.05, 0) is 72.7 Å². The molecule has 2 aromatic carbocycles. The van der Waals surface area contributed by atoms with Crippen LogP contribution < -0.4 is 15.0 Å². The predicted molar refractivity (Wildman–Crippen MR) is 134 cm³/mol. The first-order valence-electron chi connectivity index (χ1n) is 11.7. The van der Waals surface area contributed by atoms with E-state index >= 15 is 0 Å². The van der Waals surface area contributed by atoms with Crippen LogP contribution in [-0.4, -0.2) is 44.3 Å². The van der Waals surface area contributed by atoms with Gasteiger partial charge in [-0.2, -0.15) is 0 Å². The van der Waals surface area contributed by atoms with Crippen LogP contribution in [0.4, 0.5) is 0 Å². The summed E-state index contributed by atoms with van der Waals surface area (Å²) >= 11 is 0. The first-order valence-corrected chi connectivity index (χ1v) is 11.7. The maximum absolute atomic E-state index is 13.0. The van der Waals surface area contributed by atoms with Crippen molar-refractivity contribution in [2.45, 2.75) is 52.4 Å². The second-order valence-electron chi connectivity index (χ2n) is 9.24. The van der Waals surface area contributed by atoms with Crippen LogP contribution in [-0.2, 0) is 25.2 Å². The van der Waals surface area contributed by atoms with Crippen molar-refractivity contribution < 1.29 is 9.47 Å². The van der Waals surface area contributed by atoms with Gasteiger partial charge in [-0.3, -0.25) is 9.69 Å². The van der Waals surface area contributed by atoms with Gasteiger partial charge in [-0.1, -0.05) is 19.1 Å². The Morgan fingerprint density at radius 1 is 0.971 bits per heavy atom. The second kappa shape index (κ2) is 10.3. The molecule has 0 atom stereocenters. The van der Waals surface area contributed by atoms with Crippen LogP contribution in [0.1, 0.15) is 44.1 Å². The van der Waals surface area contributed by atoms with E-state index in [2.05, 4.69) is 46.2 Å². The monoisotopic (exact) mass is 476 g/mol. The summed E-state index contributed by atoms with van der Waals surface area (Å²) in [5.74, 6) is 2.30. The topological polar surface area (TPSA) is 98.2 Å². The summed E-state index contributed by atoms with van der Waals surface area (Å²) in [7, 11) is 3.28. The summed E-state index contributed by atoms with van der Waals surface area (Å²) in [5, 5.41) is 13.4. The number of aromatic nitrogens is 5. The lowest BCUT2D eigenvalue weighted by molar-refractivity contribution is 0.217. The third kappa shape index (κ3) is 5.51. The molecule has 0 saturated heterocycles. The zero-order valence-corrected chi connectivity index (χ0v) is 20.9. The molecule has 0 unspecified atom stereocenters. The van der Waals surface area contributed by atoms with Gasteiger partial charge >= 0.3 is 0 Å². The molecule has 9 heteroatoms. The van der Waals surface area contributed by atoms with Gasteiger partial charge in [0.25, 0.3) is 5.56 Å². The summed E-state index contributed by atoms with van der Waals surface area (Å²) in [6, 6.07) is 15.5. The third-order valence-corrected chi connectivity index (χ3v) is 6.43. The summed E-state index contributed by atoms with van der Waals surface area (Å²) in [6.45, 7) is 7.86. The Morgan fingerprint density at radius 2 is 1.69 bits per heavy atom. The molecule has 0 bridgehead atoms. The first-order chi connectivity index (χ1) is 16.8. The van der Waals surface area contributed by atoms with Gasteiger partial charge in [0.05, 0.1) is 26.3 Å². The molecule has 2 aromatic heterocycles. The Morgan fingerprint density at radius 3 is 2.37 bits per heavy atom. The fourth-order valence-electron chi connectivity index (χ4n) is 4.00. The highest BCUT2D eigenvalue weighted by atomic mass is 16.5. The standard InChI is InChI=1S/C26H32N6O3/c1-6-26(2,3)32-24(28-29-30-32)17-31(15-18-7-9-21(34-4)10-8-18)16-20-13-19-14-22(35-5)11-12-23(19)27-25(20)33/h7-14H,6,15-17H2,1-5H3,(H,27,33). The van der Waals surface area contributed by atoms with Crippen LogP contribution in [0.25, 0.3) is 10.9 Å². The van der Waals surface area contributed by atoms with Gasteiger partial charge in [-0.15, -0.1) is 5.10 Å². The number of nitrogens with one attached hydrogen (secondary N) is 1. The fourth-order valence-corrected chi connectivity index (χ4v) is 4.00. The van der Waals surface area contributed by atoms with E-state index in [9.17, 15) is 4.79 Å². The van der Waals surface area contributed by atoms with Crippen molar-refractivity contribution in [3.63, 3.8) is 0 Å². The van der Waals surface area contributed by atoms with Crippen molar-refractivity contribution in [2.24, 2.45) is 0 Å². The Hall–Kier alpha value is -3.72. The summed E-state index contributed by atoms with van der Waals surface area (Å²) in [6.07, 6.45) is 0.885. The van der Waals surface area contributed by atoms with Gasteiger partial charge in [0.2, 0.25) is 0 Å². The second-order valence-corrected chi connectivity index (χ2v) is 9.24. The summed E-state index contributed by atoms with van der Waals surface area (Å²) in [4.78, 5) is 18.1. The smallest absolute Gasteiger partial charge is 0.252 e. The molecular formula is C26H32N6O3. The first kappa shape index (κ1) is 24.4. The molecule has 0 aliphatic carbocycles. The van der Waals surface area contributed by atoms with Crippen LogP contribution in [0, 0.1) is 0 Å². The highest BCUT2D eigenvalue weighted by molar-refractivity contribution is 5.80. The summed E-state index contributed by atoms with van der Waals surface area (Å²) < 4.78 is 12.5. The number of rotatable bonds is 10. The molecule has 0 aliphatic rings. The molecule has 184 valence electrons. The van der Waals surface area contributed by atoms with E-state index in [1.165, 1.54) is 0 Å². The molecule has 4 aromatic rings. The van der Waals surface area contributed by atoms with Gasteiger partial charge < -0.3 is 14.5 Å². The van der Waals surface area contributed by atoms with Gasteiger partial charge in [0, 0.05) is 29.6 Å². The number of ether oxygens (including phenoxy) is 2. The molecule has 0 aliphatic heterocycles. The zero-order chi connectivity index (χ0) is 25.0. The molecule has 35 heavy (non-hydrogen) atoms. The van der Waals surface area contributed by atoms with E-state index in [0.717, 1.165) is 40.2 Å². The van der Waals surface area contributed by atoms with E-state index in [1.807, 2.05) is 53.2 Å². The van der Waals surface area contributed by atoms with E-state index in [1.54, 1.807) is 14.2 Å². The van der Waals surface area contributed by atoms with Crippen LogP contribution in [0.5, 0.6) is 11.5 Å². The SMILES string of the molecule is CCC(C)(C)n1nnnc1CN(Cc1ccc(OC)cc1)Cc1cc2cc(OC)ccc2[nH]c1=O. The number of benzene rings is 2. The van der Waals surface area contributed by atoms with Crippen LogP contribution in [0.2, 0.25) is 0 Å². The molecule has 0 radical (unpaired) electrons. The minimum atomic E-state index is -0.221. The molecule has 2 heterocycles. The van der Waals surface area contributed by atoms with Crippen LogP contribution in [0.15, 0.2) is 53.3 Å². The Kier molecular flexibility index (Phi) is 7.16. The molecule has 0 amide bonds. The van der Waals surface area contributed by atoms with Crippen LogP contribution >= 0.6 is 0 Å². The predicted octanol–water partition coefficient (Wildman–Crippen LogP) is 3.88. The molecule has 0 fully saturated rings. The lowest BCUT2D eigenvalue weighted by Gasteiger charge is -2.27. The van der Waals surface area contributed by atoms with E-state index in [-0.39, 0.29) is 11.1 Å². The van der Waals surface area contributed by atoms with Crippen molar-refractivity contribution in [1.29, 1.82) is 0 Å². The number of fused-ring (bicyclic) bond motifs is 1. The number of hydrogen-bond acceptors (Lipinski definition) is 7. The normalized spacial score (nSPS) is 11.8. The third-order valence-electron chi connectivity index (χ3n) is 6.43. The Bertz CT molecular complexity index is 1340. The Labute approximate surface area is 204 Å². The maximum atomic E-state index is 13.0. The number of tetrazole rings is 1. The Balaban J connectivity index is 1.68. The van der Waals surface area contributed by atoms with Crippen LogP contribution in [0.3, 0.4) is 0 Å². The maximum Gasteiger partial charge on any atom is 0.252 e. The zero-order valence-electron chi connectivity index (χ0n) is 20.9. The average molecular weight is 477 g/mol. The molecular weight excluding hydrogens is 444 g/mol. The van der Waals surface area contributed by atoms with Crippen molar-refractivity contribution in [1.82, 2.24) is 30.1 Å². The number of nitrogens with zero attached hydrogens (tertiary/aromatic N) is 5. The number of methoxy groups -OCH3 is 2. The van der Waals surface area contributed by atoms with Gasteiger partial charge in [0.1, 0.15) is 11.5 Å². The average Bonchev–Trinajstić information content (AvgIpc) is 3.33. The fraction of sp³-hybridized carbons (Fsp3) is 0.385. The summed E-state index contributed by atoms with van der Waals surface area (Å²) in [5.41, 5.74) is 2.19. The van der Waals surface area contributed by atoms with E-state index < -0.39 is 0 Å². The number of pyridine rings is 1. The highest BCUT2D eigenvalue weighted by Gasteiger charge is 2.25. The lowest BCUT2D eigenvalue weighted by Crippen LogP contribution is -2.32. The van der Waals surface area contributed by atoms with E-state index in [0.29, 0.717) is 25.2 Å². The molecule has 0 saturated carbocycles. The quantitative estimate of drug-likeness (QED) is 0.371. The van der Waals surface area contributed by atoms with Gasteiger partial charge in [-0.25, -0.2) is 4.68 Å². The minimum Gasteiger partial charge on any atom is -0.497 e.